The van der Waals surface area contributed by atoms with Gasteiger partial charge in [-0.3, -0.25) is 4.79 Å². The summed E-state index contributed by atoms with van der Waals surface area (Å²) in [5, 5.41) is 0. The summed E-state index contributed by atoms with van der Waals surface area (Å²) in [6, 6.07) is 5.51. The average Bonchev–Trinajstić information content (AvgIpc) is 3.04. The van der Waals surface area contributed by atoms with Crippen molar-refractivity contribution in [3.8, 4) is 0 Å². The Bertz CT molecular complexity index is 858. The molecule has 0 spiro atoms. The molecule has 29 heavy (non-hydrogen) atoms. The molecule has 1 aromatic carbocycles. The van der Waals surface area contributed by atoms with E-state index in [1.54, 1.807) is 32.9 Å². The van der Waals surface area contributed by atoms with E-state index in [0.29, 0.717) is 12.0 Å². The molecule has 2 aliphatic rings. The molecule has 0 amide bonds. The minimum atomic E-state index is -1.33. The summed E-state index contributed by atoms with van der Waals surface area (Å²) in [7, 11) is 0. The van der Waals surface area contributed by atoms with Crippen LogP contribution >= 0.6 is 0 Å². The number of benzene rings is 1. The zero-order valence-electron chi connectivity index (χ0n) is 16.9. The van der Waals surface area contributed by atoms with Gasteiger partial charge >= 0.3 is 11.9 Å². The van der Waals surface area contributed by atoms with Crippen molar-refractivity contribution >= 4 is 11.9 Å². The number of alkyl halides is 1. The molecule has 0 heterocycles. The molecule has 156 valence electrons. The second-order valence-corrected chi connectivity index (χ2v) is 8.12. The average molecular weight is 404 g/mol. The van der Waals surface area contributed by atoms with Gasteiger partial charge < -0.3 is 9.47 Å². The minimum Gasteiger partial charge on any atom is -0.461 e. The van der Waals surface area contributed by atoms with E-state index in [4.69, 9.17) is 4.74 Å². The third-order valence-corrected chi connectivity index (χ3v) is 5.91. The van der Waals surface area contributed by atoms with Crippen LogP contribution in [0.5, 0.6) is 0 Å². The standard InChI is InChI=1S/C23H26F2O4/c1-5-8-13-9-7-10-14-15(13)11-17(24)20(14)29-22(27)19-16(23(19,3)4)12-18(25)21(26)28-6-2/h5,7,9-10,12,16-17,19-20H,1,6,8,11H2,2-4H3/b18-12+/t16-,17?,19-,20?/m0/s1. The number of allylic oxidation sites excluding steroid dienone is 2. The lowest BCUT2D eigenvalue weighted by Crippen LogP contribution is -2.19. The minimum absolute atomic E-state index is 0.0619. The number of esters is 2. The number of rotatable bonds is 7. The molecule has 1 fully saturated rings. The Morgan fingerprint density at radius 2 is 2.07 bits per heavy atom. The quantitative estimate of drug-likeness (QED) is 0.379. The molecular weight excluding hydrogens is 378 g/mol. The number of hydrogen-bond acceptors (Lipinski definition) is 4. The monoisotopic (exact) mass is 404 g/mol. The predicted molar refractivity (Wildman–Crippen MR) is 104 cm³/mol. The summed E-state index contributed by atoms with van der Waals surface area (Å²) >= 11 is 0. The van der Waals surface area contributed by atoms with Crippen molar-refractivity contribution < 1.29 is 27.8 Å². The van der Waals surface area contributed by atoms with Gasteiger partial charge in [0.05, 0.1) is 12.5 Å². The van der Waals surface area contributed by atoms with Crippen LogP contribution in [0.4, 0.5) is 8.78 Å². The van der Waals surface area contributed by atoms with E-state index in [2.05, 4.69) is 11.3 Å². The Morgan fingerprint density at radius 3 is 2.72 bits per heavy atom. The lowest BCUT2D eigenvalue weighted by Gasteiger charge is -2.16. The first-order valence-corrected chi connectivity index (χ1v) is 9.82. The number of ether oxygens (including phenoxy) is 2. The summed E-state index contributed by atoms with van der Waals surface area (Å²) in [5.41, 5.74) is 1.92. The summed E-state index contributed by atoms with van der Waals surface area (Å²) in [4.78, 5) is 24.3. The van der Waals surface area contributed by atoms with Gasteiger partial charge in [0, 0.05) is 6.42 Å². The number of carbonyl (C=O) groups excluding carboxylic acids is 2. The van der Waals surface area contributed by atoms with E-state index in [0.717, 1.165) is 17.2 Å². The van der Waals surface area contributed by atoms with E-state index in [-0.39, 0.29) is 13.0 Å². The maximum Gasteiger partial charge on any atom is 0.366 e. The summed E-state index contributed by atoms with van der Waals surface area (Å²) in [6.45, 7) is 8.94. The number of hydrogen-bond donors (Lipinski definition) is 0. The molecule has 0 radical (unpaired) electrons. The highest BCUT2D eigenvalue weighted by Crippen LogP contribution is 2.60. The molecule has 2 aliphatic carbocycles. The molecule has 0 aliphatic heterocycles. The molecule has 0 N–H and O–H groups in total. The highest BCUT2D eigenvalue weighted by atomic mass is 19.1. The smallest absolute Gasteiger partial charge is 0.366 e. The van der Waals surface area contributed by atoms with Gasteiger partial charge in [-0.15, -0.1) is 6.58 Å². The Hall–Kier alpha value is -2.50. The van der Waals surface area contributed by atoms with Crippen LogP contribution in [0.15, 0.2) is 42.8 Å². The van der Waals surface area contributed by atoms with Crippen LogP contribution in [0.1, 0.15) is 43.6 Å². The van der Waals surface area contributed by atoms with E-state index >= 15 is 0 Å². The van der Waals surface area contributed by atoms with Gasteiger partial charge in [0.15, 0.2) is 6.10 Å². The Balaban J connectivity index is 1.75. The molecule has 4 atom stereocenters. The van der Waals surface area contributed by atoms with Crippen LogP contribution in [0.2, 0.25) is 0 Å². The van der Waals surface area contributed by atoms with Gasteiger partial charge in [-0.2, -0.15) is 4.39 Å². The third-order valence-electron chi connectivity index (χ3n) is 5.91. The van der Waals surface area contributed by atoms with Crippen molar-refractivity contribution in [1.29, 1.82) is 0 Å². The maximum atomic E-state index is 14.7. The van der Waals surface area contributed by atoms with Crippen LogP contribution in [-0.4, -0.2) is 24.7 Å². The van der Waals surface area contributed by atoms with Crippen LogP contribution < -0.4 is 0 Å². The Morgan fingerprint density at radius 1 is 1.34 bits per heavy atom. The second kappa shape index (κ2) is 8.09. The van der Waals surface area contributed by atoms with Crippen molar-refractivity contribution in [1.82, 2.24) is 0 Å². The molecular formula is C23H26F2O4. The molecule has 4 nitrogen and oxygen atoms in total. The molecule has 1 aromatic rings. The molecule has 0 aromatic heterocycles. The molecule has 2 unspecified atom stereocenters. The van der Waals surface area contributed by atoms with E-state index < -0.39 is 47.3 Å². The van der Waals surface area contributed by atoms with Crippen molar-refractivity contribution in [3.63, 3.8) is 0 Å². The first kappa shape index (κ1) is 21.2. The normalized spacial score (nSPS) is 27.1. The van der Waals surface area contributed by atoms with Crippen LogP contribution in [0.25, 0.3) is 0 Å². The lowest BCUT2D eigenvalue weighted by atomic mass is 10.0. The largest absolute Gasteiger partial charge is 0.461 e. The summed E-state index contributed by atoms with van der Waals surface area (Å²) in [6.07, 6.45) is 1.37. The summed E-state index contributed by atoms with van der Waals surface area (Å²) < 4.78 is 38.9. The topological polar surface area (TPSA) is 52.6 Å². The SMILES string of the molecule is C=CCc1cccc2c1CC(F)C2OC(=O)[C@@H]1[C@H](/C=C(/F)C(=O)OCC)C1(C)C. The van der Waals surface area contributed by atoms with Crippen LogP contribution in [-0.2, 0) is 31.9 Å². The Kier molecular flexibility index (Phi) is 5.92. The Labute approximate surface area is 169 Å². The molecule has 0 bridgehead atoms. The molecule has 6 heteroatoms. The van der Waals surface area contributed by atoms with Gasteiger partial charge in [0.1, 0.15) is 6.17 Å². The molecule has 0 saturated heterocycles. The predicted octanol–water partition coefficient (Wildman–Crippen LogP) is 4.58. The molecule has 3 rings (SSSR count). The van der Waals surface area contributed by atoms with E-state index in [9.17, 15) is 18.4 Å². The maximum absolute atomic E-state index is 14.7. The fourth-order valence-electron chi connectivity index (χ4n) is 4.21. The van der Waals surface area contributed by atoms with Crippen molar-refractivity contribution in [2.45, 2.75) is 45.9 Å². The fourth-order valence-corrected chi connectivity index (χ4v) is 4.21. The van der Waals surface area contributed by atoms with Crippen LogP contribution in [0.3, 0.4) is 0 Å². The van der Waals surface area contributed by atoms with Crippen molar-refractivity contribution in [2.24, 2.45) is 17.3 Å². The van der Waals surface area contributed by atoms with Gasteiger partial charge in [0.25, 0.3) is 0 Å². The van der Waals surface area contributed by atoms with Crippen LogP contribution in [0, 0.1) is 17.3 Å². The molecule has 1 saturated carbocycles. The fraction of sp³-hybridized carbons (Fsp3) is 0.478. The number of carbonyl (C=O) groups is 2. The van der Waals surface area contributed by atoms with Gasteiger partial charge in [-0.1, -0.05) is 38.1 Å². The first-order chi connectivity index (χ1) is 13.7. The van der Waals surface area contributed by atoms with Gasteiger partial charge in [0.2, 0.25) is 5.83 Å². The van der Waals surface area contributed by atoms with Crippen molar-refractivity contribution in [2.75, 3.05) is 6.61 Å². The van der Waals surface area contributed by atoms with Gasteiger partial charge in [-0.05, 0) is 47.4 Å². The highest BCUT2D eigenvalue weighted by molar-refractivity contribution is 5.87. The zero-order chi connectivity index (χ0) is 21.3. The van der Waals surface area contributed by atoms with Gasteiger partial charge in [-0.25, -0.2) is 9.18 Å². The first-order valence-electron chi connectivity index (χ1n) is 9.82. The zero-order valence-corrected chi connectivity index (χ0v) is 16.9. The number of halogens is 2. The lowest BCUT2D eigenvalue weighted by molar-refractivity contribution is -0.155. The van der Waals surface area contributed by atoms with E-state index in [1.807, 2.05) is 12.1 Å². The second-order valence-electron chi connectivity index (χ2n) is 8.12. The summed E-state index contributed by atoms with van der Waals surface area (Å²) in [5.74, 6) is -3.81. The van der Waals surface area contributed by atoms with Crippen molar-refractivity contribution in [3.05, 3.63) is 59.4 Å². The highest BCUT2D eigenvalue weighted by Gasteiger charge is 2.62. The van der Waals surface area contributed by atoms with E-state index in [1.165, 1.54) is 0 Å². The third kappa shape index (κ3) is 3.98. The number of fused-ring (bicyclic) bond motifs is 1.